The van der Waals surface area contributed by atoms with Crippen LogP contribution in [-0.2, 0) is 70.1 Å². The summed E-state index contributed by atoms with van der Waals surface area (Å²) >= 11 is 0. The number of carbonyl (C=O) groups excluding carboxylic acids is 6. The fraction of sp³-hybridized carbons (Fsp3) is 0.825. The van der Waals surface area contributed by atoms with Crippen molar-refractivity contribution >= 4 is 51.0 Å². The largest absolute Gasteiger partial charge is 1.00 e. The average molecular weight is 927 g/mol. The van der Waals surface area contributed by atoms with Gasteiger partial charge in [-0.3, -0.25) is 18.7 Å². The van der Waals surface area contributed by atoms with Gasteiger partial charge in [0.2, 0.25) is 5.91 Å². The molecule has 0 saturated carbocycles. The SMILES string of the molecule is C1CCOC1.CCOP(=O)(CC(=O)CC[C@H](NC(=O)OC(C)(C)C)C(=O)OC)OCC.CCOP(C)(=O)OCC.COC(=O)[C@@H]1CCC(=O)N1C(=O)OC(C)(C)C.[CH2-]CCC.[Li+]. The number of ketones is 1. The average Bonchev–Trinajstić information content (AvgIpc) is 3.86. The van der Waals surface area contributed by atoms with E-state index in [0.717, 1.165) is 24.5 Å². The Morgan fingerprint density at radius 1 is 0.823 bits per heavy atom. The summed E-state index contributed by atoms with van der Waals surface area (Å²) in [7, 11) is -3.80. The van der Waals surface area contributed by atoms with Crippen LogP contribution < -0.4 is 24.2 Å². The molecule has 2 heterocycles. The van der Waals surface area contributed by atoms with E-state index < -0.39 is 80.5 Å². The molecule has 22 heteroatoms. The van der Waals surface area contributed by atoms with E-state index in [0.29, 0.717) is 13.2 Å². The van der Waals surface area contributed by atoms with E-state index >= 15 is 0 Å². The summed E-state index contributed by atoms with van der Waals surface area (Å²) in [6.45, 7) is 27.4. The fourth-order valence-electron chi connectivity index (χ4n) is 4.56. The summed E-state index contributed by atoms with van der Waals surface area (Å²) in [5, 5.41) is 2.37. The second-order valence-corrected chi connectivity index (χ2v) is 19.1. The Balaban J connectivity index is -0.000000395. The molecule has 3 amide bonds. The van der Waals surface area contributed by atoms with Gasteiger partial charge in [-0.1, -0.05) is 13.3 Å². The minimum absolute atomic E-state index is 0. The maximum atomic E-state index is 12.3. The van der Waals surface area contributed by atoms with Crippen molar-refractivity contribution in [2.45, 2.75) is 151 Å². The molecular weight excluding hydrogens is 849 g/mol. The van der Waals surface area contributed by atoms with Crippen LogP contribution in [0.5, 0.6) is 0 Å². The van der Waals surface area contributed by atoms with Crippen LogP contribution in [0.2, 0.25) is 0 Å². The summed E-state index contributed by atoms with van der Waals surface area (Å²) in [6, 6.07) is -1.92. The molecule has 0 spiro atoms. The van der Waals surface area contributed by atoms with Crippen LogP contribution in [0.3, 0.4) is 0 Å². The topological polar surface area (TPSA) is 235 Å². The van der Waals surface area contributed by atoms with Crippen LogP contribution in [0.25, 0.3) is 0 Å². The molecule has 2 saturated heterocycles. The van der Waals surface area contributed by atoms with Gasteiger partial charge < -0.3 is 54.0 Å². The van der Waals surface area contributed by atoms with Crippen molar-refractivity contribution in [1.82, 2.24) is 10.2 Å². The molecule has 19 nitrogen and oxygen atoms in total. The number of esters is 2. The number of hydrogen-bond acceptors (Lipinski definition) is 17. The van der Waals surface area contributed by atoms with Crippen LogP contribution in [0.1, 0.15) is 128 Å². The van der Waals surface area contributed by atoms with Gasteiger partial charge >= 0.3 is 58.2 Å². The Morgan fingerprint density at radius 3 is 1.65 bits per heavy atom. The minimum atomic E-state index is -3.50. The normalized spacial score (nSPS) is 15.2. The van der Waals surface area contributed by atoms with E-state index in [-0.39, 0.29) is 57.8 Å². The van der Waals surface area contributed by atoms with Crippen molar-refractivity contribution in [2.24, 2.45) is 0 Å². The number of rotatable bonds is 17. The zero-order chi connectivity index (χ0) is 47.9. The molecule has 2 fully saturated rings. The van der Waals surface area contributed by atoms with Gasteiger partial charge in [0, 0.05) is 32.7 Å². The number of carbonyl (C=O) groups is 6. The van der Waals surface area contributed by atoms with E-state index in [9.17, 15) is 37.9 Å². The number of Topliss-reactive ketones (excluding diaryl/α,β-unsaturated/α-hetero) is 1. The van der Waals surface area contributed by atoms with E-state index in [1.54, 1.807) is 69.2 Å². The molecular formula is C40H77LiN2O17P2. The monoisotopic (exact) mass is 926 g/mol. The standard InChI is InChI=1S/C16H30NO8P.C11H17NO5.C5H13O3P.C4H8O.C4H9.Li/c1-7-23-26(21,24-8-2)11-12(18)9-10-13(14(19)22-6)17-15(20)25-16(3,4)5;1-11(2,3)17-10(15)12-7(9(14)16-4)5-6-8(12)13;1-4-7-9(3,6)8-5-2;1-2-4-5-3-1;1-3-4-2;/h13H,7-11H2,1-6H3,(H,17,20);7H,5-6H2,1-4H3;4-5H2,1-3H3;1-4H2;1,3-4H2,2H3;/q;;;;-1;+1/t13-;7-;;;;/m00..../s1. The minimum Gasteiger partial charge on any atom is -0.467 e. The first kappa shape index (κ1) is 66.3. The summed E-state index contributed by atoms with van der Waals surface area (Å²) in [6.07, 6.45) is 3.15. The van der Waals surface area contributed by atoms with Crippen molar-refractivity contribution in [3.8, 4) is 0 Å². The first-order chi connectivity index (χ1) is 28.3. The Kier molecular flexibility index (Phi) is 38.4. The van der Waals surface area contributed by atoms with Crippen molar-refractivity contribution in [2.75, 3.05) is 66.7 Å². The third-order valence-electron chi connectivity index (χ3n) is 7.09. The zero-order valence-corrected chi connectivity index (χ0v) is 42.0. The summed E-state index contributed by atoms with van der Waals surface area (Å²) in [5.74, 6) is -2.12. The third-order valence-corrected chi connectivity index (χ3v) is 10.6. The molecule has 2 aliphatic rings. The maximum Gasteiger partial charge on any atom is 1.00 e. The first-order valence-electron chi connectivity index (χ1n) is 20.6. The molecule has 1 N–H and O–H groups in total. The number of imide groups is 1. The quantitative estimate of drug-likeness (QED) is 0.0660. The predicted octanol–water partition coefficient (Wildman–Crippen LogP) is 5.06. The Bertz CT molecular complexity index is 1360. The van der Waals surface area contributed by atoms with Gasteiger partial charge in [0.15, 0.2) is 0 Å². The molecule has 2 rings (SSSR count). The Morgan fingerprint density at radius 2 is 1.29 bits per heavy atom. The second kappa shape index (κ2) is 36.0. The van der Waals surface area contributed by atoms with Crippen LogP contribution >= 0.6 is 15.2 Å². The number of likely N-dealkylation sites (tertiary alicyclic amines) is 1. The summed E-state index contributed by atoms with van der Waals surface area (Å²) in [5.41, 5.74) is -1.44. The molecule has 62 heavy (non-hydrogen) atoms. The summed E-state index contributed by atoms with van der Waals surface area (Å²) in [4.78, 5) is 71.3. The Labute approximate surface area is 383 Å². The van der Waals surface area contributed by atoms with Gasteiger partial charge in [0.1, 0.15) is 35.2 Å². The van der Waals surface area contributed by atoms with Crippen molar-refractivity contribution in [3.63, 3.8) is 0 Å². The molecule has 0 unspecified atom stereocenters. The molecule has 360 valence electrons. The number of nitrogens with one attached hydrogen (secondary N) is 1. The molecule has 2 atom stereocenters. The molecule has 0 aliphatic carbocycles. The Hall–Kier alpha value is -2.32. The fourth-order valence-corrected chi connectivity index (χ4v) is 7.21. The molecule has 0 bridgehead atoms. The molecule has 0 aromatic carbocycles. The number of amides is 3. The molecule has 0 aromatic rings. The van der Waals surface area contributed by atoms with E-state index in [1.165, 1.54) is 40.1 Å². The number of unbranched alkanes of at least 4 members (excludes halogenated alkanes) is 1. The second-order valence-electron chi connectivity index (χ2n) is 15.0. The van der Waals surface area contributed by atoms with Gasteiger partial charge in [-0.05, 0) is 94.9 Å². The van der Waals surface area contributed by atoms with Crippen molar-refractivity contribution in [3.05, 3.63) is 6.92 Å². The molecule has 0 aromatic heterocycles. The number of ether oxygens (including phenoxy) is 5. The van der Waals surface area contributed by atoms with Gasteiger partial charge in [-0.2, -0.15) is 6.42 Å². The first-order valence-corrected chi connectivity index (χ1v) is 24.3. The van der Waals surface area contributed by atoms with Crippen molar-refractivity contribution in [1.29, 1.82) is 0 Å². The molecule has 2 aliphatic heterocycles. The van der Waals surface area contributed by atoms with Gasteiger partial charge in [0.25, 0.3) is 0 Å². The van der Waals surface area contributed by atoms with Crippen LogP contribution in [0.15, 0.2) is 0 Å². The summed E-state index contributed by atoms with van der Waals surface area (Å²) < 4.78 is 67.3. The van der Waals surface area contributed by atoms with Crippen LogP contribution in [0, 0.1) is 6.92 Å². The molecule has 0 radical (unpaired) electrons. The van der Waals surface area contributed by atoms with E-state index in [1.807, 2.05) is 0 Å². The number of alkyl carbamates (subject to hydrolysis) is 1. The third kappa shape index (κ3) is 35.1. The van der Waals surface area contributed by atoms with Crippen LogP contribution in [-0.4, -0.2) is 131 Å². The van der Waals surface area contributed by atoms with Gasteiger partial charge in [-0.15, -0.1) is 0 Å². The van der Waals surface area contributed by atoms with Gasteiger partial charge in [-0.25, -0.2) is 24.1 Å². The number of nitrogens with zero attached hydrogens (tertiary/aromatic N) is 1. The maximum absolute atomic E-state index is 12.3. The van der Waals surface area contributed by atoms with Crippen LogP contribution in [0.4, 0.5) is 9.59 Å². The predicted molar refractivity (Wildman–Crippen MR) is 230 cm³/mol. The van der Waals surface area contributed by atoms with Crippen molar-refractivity contribution < 1.29 is 98.5 Å². The number of hydrogen-bond donors (Lipinski definition) is 1. The zero-order valence-electron chi connectivity index (χ0n) is 40.3. The number of methoxy groups -OCH3 is 2. The smallest absolute Gasteiger partial charge is 0.467 e. The van der Waals surface area contributed by atoms with Gasteiger partial charge in [0.05, 0.1) is 40.6 Å². The van der Waals surface area contributed by atoms with E-state index in [2.05, 4.69) is 28.6 Å². The van der Waals surface area contributed by atoms with E-state index in [4.69, 9.17) is 32.3 Å².